The van der Waals surface area contributed by atoms with E-state index in [-0.39, 0.29) is 12.4 Å². The van der Waals surface area contributed by atoms with Gasteiger partial charge in [0.05, 0.1) is 0 Å². The molecule has 1 heterocycles. The Morgan fingerprint density at radius 1 is 1.47 bits per heavy atom. The Bertz CT molecular complexity index is 361. The van der Waals surface area contributed by atoms with Crippen molar-refractivity contribution in [3.8, 4) is 0 Å². The third kappa shape index (κ3) is 2.34. The van der Waals surface area contributed by atoms with E-state index in [1.165, 1.54) is 6.42 Å². The second-order valence-corrected chi connectivity index (χ2v) is 4.47. The Morgan fingerprint density at radius 2 is 2.18 bits per heavy atom. The molecule has 1 aliphatic rings. The molecule has 2 rings (SSSR count). The fourth-order valence-corrected chi connectivity index (χ4v) is 2.30. The first-order valence-electron chi connectivity index (χ1n) is 5.99. The topological polar surface area (TPSA) is 94.4 Å². The van der Waals surface area contributed by atoms with Gasteiger partial charge in [-0.3, -0.25) is 0 Å². The van der Waals surface area contributed by atoms with Gasteiger partial charge in [-0.2, -0.15) is 4.98 Å². The molecule has 1 fully saturated rings. The number of rotatable bonds is 4. The number of aromatic nitrogens is 2. The van der Waals surface area contributed by atoms with Gasteiger partial charge in [0.25, 0.3) is 5.89 Å². The lowest BCUT2D eigenvalue weighted by Crippen LogP contribution is -2.32. The highest BCUT2D eigenvalue weighted by Gasteiger charge is 2.38. The summed E-state index contributed by atoms with van der Waals surface area (Å²) in [6.07, 6.45) is 4.28. The quantitative estimate of drug-likeness (QED) is 0.812. The van der Waals surface area contributed by atoms with Gasteiger partial charge in [-0.15, -0.1) is 0 Å². The summed E-state index contributed by atoms with van der Waals surface area (Å²) in [5.74, 6) is 0.701. The van der Waals surface area contributed by atoms with Crippen molar-refractivity contribution in [1.82, 2.24) is 10.1 Å². The zero-order valence-corrected chi connectivity index (χ0v) is 10.1. The molecular weight excluding hydrogens is 222 g/mol. The summed E-state index contributed by atoms with van der Waals surface area (Å²) in [4.78, 5) is 4.21. The average Bonchev–Trinajstić information content (AvgIpc) is 2.88. The van der Waals surface area contributed by atoms with E-state index in [4.69, 9.17) is 15.0 Å². The molecule has 6 heteroatoms. The van der Waals surface area contributed by atoms with Crippen molar-refractivity contribution in [2.45, 2.75) is 43.8 Å². The zero-order chi connectivity index (χ0) is 12.3. The van der Waals surface area contributed by atoms with Crippen LogP contribution in [-0.2, 0) is 10.3 Å². The molecule has 96 valence electrons. The number of aliphatic hydroxyl groups is 1. The minimum absolute atomic E-state index is 0.0710. The Balaban J connectivity index is 2.22. The van der Waals surface area contributed by atoms with Gasteiger partial charge in [-0.25, -0.2) is 0 Å². The predicted molar refractivity (Wildman–Crippen MR) is 60.1 cm³/mol. The highest BCUT2D eigenvalue weighted by molar-refractivity contribution is 5.04. The van der Waals surface area contributed by atoms with Crippen LogP contribution in [0.5, 0.6) is 0 Å². The second kappa shape index (κ2) is 5.12. The number of nitrogens with zero attached hydrogens (tertiary/aromatic N) is 2. The number of aliphatic hydroxyl groups excluding tert-OH is 1. The summed E-state index contributed by atoms with van der Waals surface area (Å²) in [6, 6.07) is 0. The van der Waals surface area contributed by atoms with Crippen LogP contribution >= 0.6 is 0 Å². The van der Waals surface area contributed by atoms with Crippen molar-refractivity contribution in [2.24, 2.45) is 5.73 Å². The fourth-order valence-electron chi connectivity index (χ4n) is 2.30. The van der Waals surface area contributed by atoms with Gasteiger partial charge < -0.3 is 20.1 Å². The largest absolute Gasteiger partial charge is 0.382 e. The third-order valence-electron chi connectivity index (χ3n) is 3.41. The molecule has 1 aliphatic carbocycles. The molecule has 1 atom stereocenters. The molecule has 1 aromatic heterocycles. The maximum atomic E-state index is 9.54. The molecule has 0 aliphatic heterocycles. The van der Waals surface area contributed by atoms with Crippen molar-refractivity contribution in [3.05, 3.63) is 11.7 Å². The standard InChI is InChI=1S/C11H19N3O3/c1-16-11(5-3-2-4-6-11)10-13-9(17-14-10)8(15)7-12/h8,15H,2-7,12H2,1H3/t8-/m0/s1. The molecular formula is C11H19N3O3. The Hall–Kier alpha value is -0.980. The van der Waals surface area contributed by atoms with E-state index < -0.39 is 11.7 Å². The zero-order valence-electron chi connectivity index (χ0n) is 10.1. The number of nitrogens with two attached hydrogens (primary N) is 1. The monoisotopic (exact) mass is 241 g/mol. The molecule has 1 saturated carbocycles. The van der Waals surface area contributed by atoms with Crippen LogP contribution in [0.4, 0.5) is 0 Å². The van der Waals surface area contributed by atoms with Crippen molar-refractivity contribution in [2.75, 3.05) is 13.7 Å². The molecule has 0 aromatic carbocycles. The number of methoxy groups -OCH3 is 1. The SMILES string of the molecule is COC1(c2noc([C@@H](O)CN)n2)CCCCC1. The number of ether oxygens (including phenoxy) is 1. The molecule has 3 N–H and O–H groups in total. The van der Waals surface area contributed by atoms with E-state index in [2.05, 4.69) is 10.1 Å². The Kier molecular flexibility index (Phi) is 3.76. The van der Waals surface area contributed by atoms with Gasteiger partial charge in [0, 0.05) is 13.7 Å². The highest BCUT2D eigenvalue weighted by Crippen LogP contribution is 2.38. The van der Waals surface area contributed by atoms with Gasteiger partial charge in [-0.05, 0) is 12.8 Å². The van der Waals surface area contributed by atoms with Gasteiger partial charge in [-0.1, -0.05) is 24.4 Å². The smallest absolute Gasteiger partial charge is 0.256 e. The molecule has 6 nitrogen and oxygen atoms in total. The molecule has 17 heavy (non-hydrogen) atoms. The van der Waals surface area contributed by atoms with Gasteiger partial charge in [0.2, 0.25) is 5.82 Å². The van der Waals surface area contributed by atoms with E-state index in [0.717, 1.165) is 25.7 Å². The summed E-state index contributed by atoms with van der Waals surface area (Å²) >= 11 is 0. The number of hydrogen-bond acceptors (Lipinski definition) is 6. The molecule has 0 unspecified atom stereocenters. The first kappa shape index (κ1) is 12.5. The Labute approximate surface area is 100 Å². The van der Waals surface area contributed by atoms with E-state index in [1.807, 2.05) is 0 Å². The van der Waals surface area contributed by atoms with E-state index in [1.54, 1.807) is 7.11 Å². The fraction of sp³-hybridized carbons (Fsp3) is 0.818. The summed E-state index contributed by atoms with van der Waals surface area (Å²) in [5.41, 5.74) is 4.90. The van der Waals surface area contributed by atoms with Crippen LogP contribution in [0.2, 0.25) is 0 Å². The minimum atomic E-state index is -0.895. The van der Waals surface area contributed by atoms with Gasteiger partial charge in [0.15, 0.2) is 0 Å². The van der Waals surface area contributed by atoms with Crippen LogP contribution < -0.4 is 5.73 Å². The normalized spacial score (nSPS) is 21.4. The van der Waals surface area contributed by atoms with E-state index in [9.17, 15) is 5.11 Å². The first-order valence-corrected chi connectivity index (χ1v) is 5.99. The molecule has 0 spiro atoms. The summed E-state index contributed by atoms with van der Waals surface area (Å²) in [7, 11) is 1.67. The van der Waals surface area contributed by atoms with Crippen molar-refractivity contribution >= 4 is 0 Å². The lowest BCUT2D eigenvalue weighted by atomic mass is 9.84. The first-order chi connectivity index (χ1) is 8.22. The minimum Gasteiger partial charge on any atom is -0.382 e. The van der Waals surface area contributed by atoms with Crippen LogP contribution in [-0.4, -0.2) is 28.9 Å². The predicted octanol–water partition coefficient (Wildman–Crippen LogP) is 0.867. The molecule has 0 saturated heterocycles. The van der Waals surface area contributed by atoms with Crippen LogP contribution in [0.3, 0.4) is 0 Å². The van der Waals surface area contributed by atoms with Crippen molar-refractivity contribution < 1.29 is 14.4 Å². The van der Waals surface area contributed by atoms with E-state index >= 15 is 0 Å². The van der Waals surface area contributed by atoms with Crippen LogP contribution in [0.15, 0.2) is 4.52 Å². The Morgan fingerprint density at radius 3 is 2.76 bits per heavy atom. The summed E-state index contributed by atoms with van der Waals surface area (Å²) in [5, 5.41) is 13.5. The van der Waals surface area contributed by atoms with Gasteiger partial charge >= 0.3 is 0 Å². The highest BCUT2D eigenvalue weighted by atomic mass is 16.5. The van der Waals surface area contributed by atoms with Crippen molar-refractivity contribution in [1.29, 1.82) is 0 Å². The van der Waals surface area contributed by atoms with Crippen molar-refractivity contribution in [3.63, 3.8) is 0 Å². The maximum absolute atomic E-state index is 9.54. The maximum Gasteiger partial charge on any atom is 0.256 e. The van der Waals surface area contributed by atoms with Crippen LogP contribution in [0.25, 0.3) is 0 Å². The van der Waals surface area contributed by atoms with Gasteiger partial charge in [0.1, 0.15) is 11.7 Å². The number of hydrogen-bond donors (Lipinski definition) is 2. The van der Waals surface area contributed by atoms with E-state index in [0.29, 0.717) is 5.82 Å². The van der Waals surface area contributed by atoms with Crippen LogP contribution in [0, 0.1) is 0 Å². The summed E-state index contributed by atoms with van der Waals surface area (Å²) in [6.45, 7) is 0.0710. The average molecular weight is 241 g/mol. The lowest BCUT2D eigenvalue weighted by Gasteiger charge is -2.32. The molecule has 0 amide bonds. The summed E-state index contributed by atoms with van der Waals surface area (Å²) < 4.78 is 10.6. The molecule has 0 bridgehead atoms. The lowest BCUT2D eigenvalue weighted by molar-refractivity contribution is -0.0527. The second-order valence-electron chi connectivity index (χ2n) is 4.47. The van der Waals surface area contributed by atoms with Crippen LogP contribution in [0.1, 0.15) is 49.9 Å². The molecule has 1 aromatic rings. The molecule has 0 radical (unpaired) electrons. The third-order valence-corrected chi connectivity index (χ3v) is 3.41.